The zero-order chi connectivity index (χ0) is 19.9. The van der Waals surface area contributed by atoms with Crippen molar-refractivity contribution < 1.29 is 18.3 Å². The zero-order valence-corrected chi connectivity index (χ0v) is 15.5. The van der Waals surface area contributed by atoms with Crippen LogP contribution in [0.15, 0.2) is 24.3 Å². The van der Waals surface area contributed by atoms with Crippen LogP contribution in [0.25, 0.3) is 0 Å². The van der Waals surface area contributed by atoms with Crippen molar-refractivity contribution in [3.63, 3.8) is 0 Å². The van der Waals surface area contributed by atoms with Gasteiger partial charge in [0, 0.05) is 44.0 Å². The van der Waals surface area contributed by atoms with Crippen molar-refractivity contribution in [2.24, 2.45) is 0 Å². The predicted molar refractivity (Wildman–Crippen MR) is 102 cm³/mol. The molecule has 2 amide bonds. The Morgan fingerprint density at radius 3 is 2.54 bits per heavy atom. The summed E-state index contributed by atoms with van der Waals surface area (Å²) in [6, 6.07) is 4.12. The molecular formula is C18H22F2N6O2. The summed E-state index contributed by atoms with van der Waals surface area (Å²) in [6.45, 7) is 5.42. The number of halogens is 2. The smallest absolute Gasteiger partial charge is 0.319 e. The maximum atomic E-state index is 13.1. The van der Waals surface area contributed by atoms with E-state index < -0.39 is 17.7 Å². The van der Waals surface area contributed by atoms with Crippen molar-refractivity contribution in [1.82, 2.24) is 15.3 Å². The lowest BCUT2D eigenvalue weighted by Crippen LogP contribution is -2.37. The molecule has 0 aliphatic carbocycles. The van der Waals surface area contributed by atoms with Gasteiger partial charge in [0.15, 0.2) is 0 Å². The summed E-state index contributed by atoms with van der Waals surface area (Å²) in [5, 5.41) is 8.12. The minimum Gasteiger partial charge on any atom is -0.378 e. The van der Waals surface area contributed by atoms with Gasteiger partial charge in [-0.2, -0.15) is 0 Å². The number of nitrogens with one attached hydrogen (secondary N) is 3. The Kier molecular flexibility index (Phi) is 6.53. The van der Waals surface area contributed by atoms with E-state index in [-0.39, 0.29) is 5.69 Å². The van der Waals surface area contributed by atoms with Gasteiger partial charge >= 0.3 is 6.03 Å². The number of rotatable bonds is 6. The van der Waals surface area contributed by atoms with Gasteiger partial charge in [0.2, 0.25) is 0 Å². The van der Waals surface area contributed by atoms with E-state index in [9.17, 15) is 13.6 Å². The third-order valence-electron chi connectivity index (χ3n) is 4.00. The molecule has 0 bridgehead atoms. The van der Waals surface area contributed by atoms with Gasteiger partial charge < -0.3 is 25.6 Å². The molecule has 1 aliphatic rings. The summed E-state index contributed by atoms with van der Waals surface area (Å²) in [5.74, 6) is 0.616. The molecule has 150 valence electrons. The second-order valence-corrected chi connectivity index (χ2v) is 6.22. The topological polar surface area (TPSA) is 91.4 Å². The molecule has 2 heterocycles. The number of urea groups is 1. The van der Waals surface area contributed by atoms with Crippen molar-refractivity contribution >= 4 is 23.4 Å². The Labute approximate surface area is 161 Å². The molecule has 0 spiro atoms. The minimum absolute atomic E-state index is 0.0459. The fourth-order valence-electron chi connectivity index (χ4n) is 2.76. The van der Waals surface area contributed by atoms with Gasteiger partial charge in [-0.25, -0.2) is 23.5 Å². The average molecular weight is 392 g/mol. The number of benzene rings is 1. The summed E-state index contributed by atoms with van der Waals surface area (Å²) in [5.41, 5.74) is 0.0459. The molecule has 1 aliphatic heterocycles. The lowest BCUT2D eigenvalue weighted by Gasteiger charge is -2.28. The number of nitrogens with zero attached hydrogens (tertiary/aromatic N) is 3. The highest BCUT2D eigenvalue weighted by Crippen LogP contribution is 2.17. The van der Waals surface area contributed by atoms with Gasteiger partial charge in [-0.05, 0) is 19.1 Å². The summed E-state index contributed by atoms with van der Waals surface area (Å²) in [6.07, 6.45) is 0. The van der Waals surface area contributed by atoms with Crippen LogP contribution >= 0.6 is 0 Å². The molecule has 0 saturated carbocycles. The first-order chi connectivity index (χ1) is 13.5. The van der Waals surface area contributed by atoms with Crippen molar-refractivity contribution in [3.05, 3.63) is 41.7 Å². The lowest BCUT2D eigenvalue weighted by atomic mass is 10.3. The molecule has 2 aromatic rings. The van der Waals surface area contributed by atoms with Gasteiger partial charge in [-0.3, -0.25) is 0 Å². The number of carbonyl (C=O) groups is 1. The predicted octanol–water partition coefficient (Wildman–Crippen LogP) is 2.13. The standard InChI is InChI=1S/C18H22F2N6O2/c1-12-23-16(11-17(24-12)26-4-6-28-7-5-26)21-2-3-22-18(27)25-15-9-13(19)8-14(20)10-15/h8-11H,2-7H2,1H3,(H,21,23,24)(H2,22,25,27). The number of aromatic nitrogens is 2. The fourth-order valence-corrected chi connectivity index (χ4v) is 2.76. The van der Waals surface area contributed by atoms with Crippen LogP contribution in [0.5, 0.6) is 0 Å². The second-order valence-electron chi connectivity index (χ2n) is 6.22. The Morgan fingerprint density at radius 2 is 1.82 bits per heavy atom. The van der Waals surface area contributed by atoms with E-state index in [1.54, 1.807) is 0 Å². The van der Waals surface area contributed by atoms with Crippen molar-refractivity contribution in [2.75, 3.05) is 54.9 Å². The highest BCUT2D eigenvalue weighted by molar-refractivity contribution is 5.89. The molecule has 1 aromatic carbocycles. The normalized spacial score (nSPS) is 13.9. The van der Waals surface area contributed by atoms with Crippen LogP contribution in [0.4, 0.5) is 30.9 Å². The third kappa shape index (κ3) is 5.74. The molecule has 1 aromatic heterocycles. The monoisotopic (exact) mass is 392 g/mol. The van der Waals surface area contributed by atoms with Gasteiger partial charge in [0.25, 0.3) is 0 Å². The molecule has 10 heteroatoms. The molecule has 3 rings (SSSR count). The van der Waals surface area contributed by atoms with E-state index in [0.29, 0.717) is 37.9 Å². The van der Waals surface area contributed by atoms with Crippen LogP contribution < -0.4 is 20.9 Å². The molecular weight excluding hydrogens is 370 g/mol. The van der Waals surface area contributed by atoms with E-state index in [1.165, 1.54) is 0 Å². The van der Waals surface area contributed by atoms with Gasteiger partial charge in [-0.1, -0.05) is 0 Å². The number of morpholine rings is 1. The molecule has 8 nitrogen and oxygen atoms in total. The number of anilines is 3. The van der Waals surface area contributed by atoms with E-state index in [4.69, 9.17) is 4.74 Å². The van der Waals surface area contributed by atoms with Crippen molar-refractivity contribution in [3.8, 4) is 0 Å². The SMILES string of the molecule is Cc1nc(NCCNC(=O)Nc2cc(F)cc(F)c2)cc(N2CCOCC2)n1. The second kappa shape index (κ2) is 9.27. The zero-order valence-electron chi connectivity index (χ0n) is 15.5. The Morgan fingerprint density at radius 1 is 1.11 bits per heavy atom. The first-order valence-electron chi connectivity index (χ1n) is 8.93. The van der Waals surface area contributed by atoms with Crippen LogP contribution in [0.3, 0.4) is 0 Å². The number of carbonyl (C=O) groups excluding carboxylic acids is 1. The van der Waals surface area contributed by atoms with Crippen molar-refractivity contribution in [2.45, 2.75) is 6.92 Å². The maximum Gasteiger partial charge on any atom is 0.319 e. The van der Waals surface area contributed by atoms with E-state index in [2.05, 4.69) is 30.8 Å². The number of ether oxygens (including phenoxy) is 1. The number of hydrogen-bond donors (Lipinski definition) is 3. The highest BCUT2D eigenvalue weighted by atomic mass is 19.1. The summed E-state index contributed by atoms with van der Waals surface area (Å²) in [7, 11) is 0. The first kappa shape index (κ1) is 19.7. The molecule has 1 fully saturated rings. The largest absolute Gasteiger partial charge is 0.378 e. The van der Waals surface area contributed by atoms with Gasteiger partial charge in [0.1, 0.15) is 29.1 Å². The quantitative estimate of drug-likeness (QED) is 0.653. The maximum absolute atomic E-state index is 13.1. The summed E-state index contributed by atoms with van der Waals surface area (Å²) < 4.78 is 31.6. The Hall–Kier alpha value is -3.01. The third-order valence-corrected chi connectivity index (χ3v) is 4.00. The molecule has 0 atom stereocenters. The number of amides is 2. The molecule has 0 unspecified atom stereocenters. The molecule has 28 heavy (non-hydrogen) atoms. The van der Waals surface area contributed by atoms with Crippen LogP contribution in [0.1, 0.15) is 5.82 Å². The first-order valence-corrected chi connectivity index (χ1v) is 8.93. The van der Waals surface area contributed by atoms with Gasteiger partial charge in [0.05, 0.1) is 13.2 Å². The molecule has 1 saturated heterocycles. The van der Waals surface area contributed by atoms with E-state index in [1.807, 2.05) is 13.0 Å². The Bertz CT molecular complexity index is 809. The Balaban J connectivity index is 1.46. The summed E-state index contributed by atoms with van der Waals surface area (Å²) in [4.78, 5) is 22.7. The number of aryl methyl sites for hydroxylation is 1. The lowest BCUT2D eigenvalue weighted by molar-refractivity contribution is 0.122. The van der Waals surface area contributed by atoms with Crippen LogP contribution in [0, 0.1) is 18.6 Å². The minimum atomic E-state index is -0.757. The van der Waals surface area contributed by atoms with E-state index in [0.717, 1.165) is 37.1 Å². The number of hydrogen-bond acceptors (Lipinski definition) is 6. The molecule has 3 N–H and O–H groups in total. The molecule has 0 radical (unpaired) electrons. The van der Waals surface area contributed by atoms with Crippen LogP contribution in [0.2, 0.25) is 0 Å². The van der Waals surface area contributed by atoms with E-state index >= 15 is 0 Å². The fraction of sp³-hybridized carbons (Fsp3) is 0.389. The van der Waals surface area contributed by atoms with Crippen molar-refractivity contribution in [1.29, 1.82) is 0 Å². The van der Waals surface area contributed by atoms with Crippen LogP contribution in [-0.2, 0) is 4.74 Å². The van der Waals surface area contributed by atoms with Crippen LogP contribution in [-0.4, -0.2) is 55.4 Å². The van der Waals surface area contributed by atoms with Gasteiger partial charge in [-0.15, -0.1) is 0 Å². The highest BCUT2D eigenvalue weighted by Gasteiger charge is 2.14. The summed E-state index contributed by atoms with van der Waals surface area (Å²) >= 11 is 0. The average Bonchev–Trinajstić information content (AvgIpc) is 2.65.